The minimum Gasteiger partial charge on any atom is -0.462 e. The molecule has 1 amide bonds. The Kier molecular flexibility index (Phi) is 47.8. The Labute approximate surface area is 416 Å². The average Bonchev–Trinajstić information content (AvgIpc) is 3.31. The molecule has 0 aromatic rings. The molecule has 0 heterocycles. The van der Waals surface area contributed by atoms with Crippen LogP contribution in [-0.2, 0) is 28.5 Å². The molecule has 0 spiro atoms. The van der Waals surface area contributed by atoms with Crippen molar-refractivity contribution in [2.45, 2.75) is 316 Å². The van der Waals surface area contributed by atoms with E-state index in [-0.39, 0.29) is 42.4 Å². The lowest BCUT2D eigenvalue weighted by Gasteiger charge is -2.29. The fourth-order valence-electron chi connectivity index (χ4n) is 9.18. The molecule has 67 heavy (non-hydrogen) atoms. The topological polar surface area (TPSA) is 94.6 Å². The van der Waals surface area contributed by atoms with Gasteiger partial charge in [-0.25, -0.2) is 4.79 Å². The number of nitrogens with zero attached hydrogens (tertiary/aromatic N) is 2. The van der Waals surface area contributed by atoms with Crippen molar-refractivity contribution in [1.82, 2.24) is 9.80 Å². The van der Waals surface area contributed by atoms with Gasteiger partial charge in [0.2, 0.25) is 0 Å². The third-order valence-corrected chi connectivity index (χ3v) is 13.6. The van der Waals surface area contributed by atoms with Crippen LogP contribution in [-0.4, -0.2) is 93.1 Å². The molecular formula is C58H114N2O7. The predicted octanol–water partition coefficient (Wildman–Crippen LogP) is 16.9. The van der Waals surface area contributed by atoms with Gasteiger partial charge in [-0.15, -0.1) is 0 Å². The number of esters is 2. The summed E-state index contributed by atoms with van der Waals surface area (Å²) in [6.45, 7) is 13.3. The van der Waals surface area contributed by atoms with Crippen LogP contribution in [0.1, 0.15) is 291 Å². The number of amides is 1. The maximum atomic E-state index is 13.9. The summed E-state index contributed by atoms with van der Waals surface area (Å²) in [5.41, 5.74) is 0. The van der Waals surface area contributed by atoms with Gasteiger partial charge >= 0.3 is 18.0 Å². The molecule has 0 aliphatic heterocycles. The fourth-order valence-corrected chi connectivity index (χ4v) is 9.18. The van der Waals surface area contributed by atoms with Gasteiger partial charge in [0.05, 0.1) is 12.6 Å². The molecule has 0 rings (SSSR count). The summed E-state index contributed by atoms with van der Waals surface area (Å²) in [4.78, 5) is 43.6. The van der Waals surface area contributed by atoms with E-state index in [1.54, 1.807) is 7.11 Å². The minimum absolute atomic E-state index is 0.00840. The molecule has 0 radical (unpaired) electrons. The van der Waals surface area contributed by atoms with Crippen molar-refractivity contribution in [1.29, 1.82) is 0 Å². The van der Waals surface area contributed by atoms with Gasteiger partial charge in [0, 0.05) is 26.5 Å². The van der Waals surface area contributed by atoms with Gasteiger partial charge < -0.3 is 28.7 Å². The van der Waals surface area contributed by atoms with Gasteiger partial charge in [-0.2, -0.15) is 0 Å². The number of carbonyl (C=O) groups excluding carboxylic acids is 3. The van der Waals surface area contributed by atoms with E-state index in [4.69, 9.17) is 18.9 Å². The van der Waals surface area contributed by atoms with Crippen molar-refractivity contribution < 1.29 is 33.3 Å². The van der Waals surface area contributed by atoms with E-state index >= 15 is 0 Å². The number of hydrogen-bond donors (Lipinski definition) is 0. The highest BCUT2D eigenvalue weighted by Crippen LogP contribution is 2.22. The standard InChI is InChI=1S/C58H114N2O7/c1-9-14-19-31-41-52(42-32-20-15-10-2)65-56(61)47-37-29-25-23-27-35-45-54(67-58(63)60(50-39-49-59(6)7)51-55(64-8)40-18-13-5)46-36-28-24-26-30-38-48-57(62)66-53(43-33-21-16-11-3)44-34-22-17-12-4/h52-55H,9-51H2,1-8H3. The monoisotopic (exact) mass is 951 g/mol. The van der Waals surface area contributed by atoms with Crippen molar-refractivity contribution >= 4 is 18.0 Å². The zero-order chi connectivity index (χ0) is 49.4. The van der Waals surface area contributed by atoms with Gasteiger partial charge in [-0.05, 0) is 123 Å². The van der Waals surface area contributed by atoms with Crippen molar-refractivity contribution in [3.8, 4) is 0 Å². The summed E-state index contributed by atoms with van der Waals surface area (Å²) in [6.07, 6.45) is 42.8. The number of unbranched alkanes of at least 4 members (excludes halogenated alkanes) is 23. The maximum absolute atomic E-state index is 13.9. The lowest BCUT2D eigenvalue weighted by Crippen LogP contribution is -2.41. The Morgan fingerprint density at radius 2 is 0.672 bits per heavy atom. The zero-order valence-corrected chi connectivity index (χ0v) is 46.0. The summed E-state index contributed by atoms with van der Waals surface area (Å²) in [5.74, 6) is -0.0211. The molecule has 9 heteroatoms. The van der Waals surface area contributed by atoms with E-state index in [1.807, 2.05) is 4.90 Å². The Morgan fingerprint density at radius 3 is 1.01 bits per heavy atom. The van der Waals surface area contributed by atoms with E-state index in [1.165, 1.54) is 77.0 Å². The lowest BCUT2D eigenvalue weighted by atomic mass is 10.0. The second-order valence-corrected chi connectivity index (χ2v) is 20.5. The SMILES string of the molecule is CCCCCCC(CCCCCC)OC(=O)CCCCCCCCC(CCCCCCCCC(=O)OC(CCCCCC)CCCCCC)OC(=O)N(CCCN(C)C)CC(CCCC)OC. The summed E-state index contributed by atoms with van der Waals surface area (Å²) < 4.78 is 24.3. The van der Waals surface area contributed by atoms with Crippen molar-refractivity contribution in [3.63, 3.8) is 0 Å². The summed E-state index contributed by atoms with van der Waals surface area (Å²) in [7, 11) is 5.91. The minimum atomic E-state index is -0.200. The molecule has 0 saturated heterocycles. The molecule has 0 aromatic heterocycles. The van der Waals surface area contributed by atoms with Crippen molar-refractivity contribution in [2.24, 2.45) is 0 Å². The molecule has 0 N–H and O–H groups in total. The van der Waals surface area contributed by atoms with E-state index < -0.39 is 0 Å². The Balaban J connectivity index is 5.10. The molecule has 0 aliphatic rings. The van der Waals surface area contributed by atoms with Gasteiger partial charge in [0.1, 0.15) is 18.3 Å². The quantitative estimate of drug-likeness (QED) is 0.0338. The second kappa shape index (κ2) is 49.1. The maximum Gasteiger partial charge on any atom is 0.410 e. The van der Waals surface area contributed by atoms with Crippen LogP contribution in [0.2, 0.25) is 0 Å². The first-order valence-corrected chi connectivity index (χ1v) is 29.2. The van der Waals surface area contributed by atoms with Crippen LogP contribution in [0.3, 0.4) is 0 Å². The van der Waals surface area contributed by atoms with Gasteiger partial charge in [-0.3, -0.25) is 9.59 Å². The van der Waals surface area contributed by atoms with Crippen LogP contribution in [0, 0.1) is 0 Å². The first-order chi connectivity index (χ1) is 32.6. The first-order valence-electron chi connectivity index (χ1n) is 29.2. The van der Waals surface area contributed by atoms with E-state index in [0.29, 0.717) is 25.9 Å². The van der Waals surface area contributed by atoms with Crippen LogP contribution in [0.15, 0.2) is 0 Å². The average molecular weight is 952 g/mol. The number of hydrogen-bond acceptors (Lipinski definition) is 8. The van der Waals surface area contributed by atoms with E-state index in [0.717, 1.165) is 173 Å². The van der Waals surface area contributed by atoms with Crippen LogP contribution in [0.4, 0.5) is 4.79 Å². The summed E-state index contributed by atoms with van der Waals surface area (Å²) >= 11 is 0. The van der Waals surface area contributed by atoms with Crippen LogP contribution >= 0.6 is 0 Å². The summed E-state index contributed by atoms with van der Waals surface area (Å²) in [5, 5.41) is 0. The fraction of sp³-hybridized carbons (Fsp3) is 0.948. The van der Waals surface area contributed by atoms with Crippen molar-refractivity contribution in [2.75, 3.05) is 40.8 Å². The number of carbonyl (C=O) groups is 3. The van der Waals surface area contributed by atoms with Crippen LogP contribution < -0.4 is 0 Å². The molecule has 1 unspecified atom stereocenters. The third-order valence-electron chi connectivity index (χ3n) is 13.6. The Bertz CT molecular complexity index is 1010. The lowest BCUT2D eigenvalue weighted by molar-refractivity contribution is -0.151. The molecular weight excluding hydrogens is 837 g/mol. The largest absolute Gasteiger partial charge is 0.462 e. The Morgan fingerprint density at radius 1 is 0.358 bits per heavy atom. The number of rotatable bonds is 51. The van der Waals surface area contributed by atoms with Crippen LogP contribution in [0.25, 0.3) is 0 Å². The second-order valence-electron chi connectivity index (χ2n) is 20.5. The number of methoxy groups -OCH3 is 1. The highest BCUT2D eigenvalue weighted by Gasteiger charge is 2.24. The first kappa shape index (κ1) is 65.1. The van der Waals surface area contributed by atoms with Gasteiger partial charge in [-0.1, -0.05) is 176 Å². The molecule has 9 nitrogen and oxygen atoms in total. The smallest absolute Gasteiger partial charge is 0.410 e. The molecule has 0 saturated carbocycles. The van der Waals surface area contributed by atoms with Gasteiger partial charge in [0.15, 0.2) is 0 Å². The predicted molar refractivity (Wildman–Crippen MR) is 284 cm³/mol. The summed E-state index contributed by atoms with van der Waals surface area (Å²) in [6, 6.07) is 0. The van der Waals surface area contributed by atoms with Crippen molar-refractivity contribution in [3.05, 3.63) is 0 Å². The molecule has 0 bridgehead atoms. The highest BCUT2D eigenvalue weighted by molar-refractivity contribution is 5.70. The molecule has 0 aromatic carbocycles. The van der Waals surface area contributed by atoms with Gasteiger partial charge in [0.25, 0.3) is 0 Å². The molecule has 0 fully saturated rings. The number of ether oxygens (including phenoxy) is 4. The zero-order valence-electron chi connectivity index (χ0n) is 46.0. The highest BCUT2D eigenvalue weighted by atomic mass is 16.6. The van der Waals surface area contributed by atoms with E-state index in [2.05, 4.69) is 53.6 Å². The van der Waals surface area contributed by atoms with E-state index in [9.17, 15) is 14.4 Å². The molecule has 1 atom stereocenters. The van der Waals surface area contributed by atoms with Crippen LogP contribution in [0.5, 0.6) is 0 Å². The normalized spacial score (nSPS) is 12.2. The Hall–Kier alpha value is -1.87. The third kappa shape index (κ3) is 42.7. The molecule has 0 aliphatic carbocycles. The molecule has 398 valence electrons.